The van der Waals surface area contributed by atoms with E-state index < -0.39 is 6.68 Å². The van der Waals surface area contributed by atoms with E-state index in [0.717, 1.165) is 11.4 Å². The van der Waals surface area contributed by atoms with E-state index in [1.807, 2.05) is 12.4 Å². The van der Waals surface area contributed by atoms with E-state index in [9.17, 15) is 17.6 Å². The van der Waals surface area contributed by atoms with E-state index in [0.29, 0.717) is 0 Å². The van der Waals surface area contributed by atoms with Crippen LogP contribution in [0, 0.1) is 18.6 Å². The van der Waals surface area contributed by atoms with Crippen molar-refractivity contribution in [3.05, 3.63) is 90.6 Å². The first-order valence-electron chi connectivity index (χ1n) is 9.69. The van der Waals surface area contributed by atoms with Crippen molar-refractivity contribution in [1.29, 1.82) is 0 Å². The zero-order valence-corrected chi connectivity index (χ0v) is 20.6. The van der Waals surface area contributed by atoms with Crippen molar-refractivity contribution < 1.29 is 38.0 Å². The number of halogens is 4. The Hall–Kier alpha value is -2.10. The summed E-state index contributed by atoms with van der Waals surface area (Å²) in [6, 6.07) is 16.9. The van der Waals surface area contributed by atoms with Crippen LogP contribution in [0.2, 0.25) is 0 Å². The van der Waals surface area contributed by atoms with Gasteiger partial charge < -0.3 is 13.2 Å². The molecule has 0 atom stereocenters. The fourth-order valence-corrected chi connectivity index (χ4v) is 2.44. The molecule has 0 amide bonds. The SMILES string of the molecule is CC(C)(C)c1ccnc(-c2cc(C(C)(C)C)ccn2)c1.F[C-](F)F.Fc1cc[c-]cc1.[Pd+2]. The maximum atomic E-state index is 11.9. The molecule has 0 aliphatic heterocycles. The summed E-state index contributed by atoms with van der Waals surface area (Å²) >= 11 is 0. The second-order valence-corrected chi connectivity index (χ2v) is 8.79. The number of pyridine rings is 2. The van der Waals surface area contributed by atoms with Crippen LogP contribution >= 0.6 is 0 Å². The number of benzene rings is 1. The normalized spacial score (nSPS) is 10.8. The molecular formula is C25H28F4N2Pd. The minimum atomic E-state index is -3.08. The molecule has 0 aliphatic rings. The first kappa shape index (κ1) is 29.9. The summed E-state index contributed by atoms with van der Waals surface area (Å²) in [6.07, 6.45) is 3.75. The Morgan fingerprint density at radius 2 is 1.06 bits per heavy atom. The number of nitrogens with zero attached hydrogens (tertiary/aromatic N) is 2. The monoisotopic (exact) mass is 538 g/mol. The van der Waals surface area contributed by atoms with Gasteiger partial charge in [0.2, 0.25) is 0 Å². The molecule has 0 N–H and O–H groups in total. The fraction of sp³-hybridized carbons (Fsp3) is 0.320. The minimum absolute atomic E-state index is 0. The topological polar surface area (TPSA) is 25.8 Å². The second kappa shape index (κ2) is 13.4. The van der Waals surface area contributed by atoms with Gasteiger partial charge in [-0.15, -0.1) is 12.1 Å². The molecule has 0 saturated heterocycles. The third-order valence-corrected chi connectivity index (χ3v) is 4.19. The molecule has 0 aliphatic carbocycles. The van der Waals surface area contributed by atoms with Gasteiger partial charge in [0.1, 0.15) is 0 Å². The Labute approximate surface area is 202 Å². The Morgan fingerprint density at radius 3 is 1.31 bits per heavy atom. The smallest absolute Gasteiger partial charge is 0.385 e. The maximum Gasteiger partial charge on any atom is 2.00 e. The number of hydrogen-bond donors (Lipinski definition) is 0. The molecule has 3 aromatic rings. The predicted molar refractivity (Wildman–Crippen MR) is 117 cm³/mol. The van der Waals surface area contributed by atoms with Gasteiger partial charge in [-0.05, 0) is 46.2 Å². The average Bonchev–Trinajstić information content (AvgIpc) is 2.68. The quantitative estimate of drug-likeness (QED) is 0.180. The van der Waals surface area contributed by atoms with Crippen LogP contribution in [0.5, 0.6) is 0 Å². The van der Waals surface area contributed by atoms with Crippen LogP contribution in [0.4, 0.5) is 17.6 Å². The van der Waals surface area contributed by atoms with E-state index in [2.05, 4.69) is 81.8 Å². The van der Waals surface area contributed by atoms with Gasteiger partial charge >= 0.3 is 20.4 Å². The number of aromatic nitrogens is 2. The molecule has 3 rings (SSSR count). The third kappa shape index (κ3) is 11.5. The van der Waals surface area contributed by atoms with Crippen molar-refractivity contribution in [1.82, 2.24) is 9.97 Å². The Balaban J connectivity index is 0.000000663. The van der Waals surface area contributed by atoms with E-state index >= 15 is 0 Å². The molecule has 2 heterocycles. The number of hydrogen-bond acceptors (Lipinski definition) is 2. The zero-order chi connectivity index (χ0) is 23.7. The van der Waals surface area contributed by atoms with E-state index in [-0.39, 0.29) is 37.1 Å². The molecule has 176 valence electrons. The van der Waals surface area contributed by atoms with Crippen LogP contribution in [-0.2, 0) is 31.3 Å². The van der Waals surface area contributed by atoms with Crippen molar-refractivity contribution in [2.24, 2.45) is 0 Å². The first-order valence-corrected chi connectivity index (χ1v) is 9.69. The molecule has 0 unspecified atom stereocenters. The van der Waals surface area contributed by atoms with Gasteiger partial charge in [0.05, 0.1) is 11.4 Å². The molecule has 0 radical (unpaired) electrons. The molecule has 1 aromatic carbocycles. The Morgan fingerprint density at radius 1 is 0.719 bits per heavy atom. The molecule has 0 bridgehead atoms. The van der Waals surface area contributed by atoms with Gasteiger partial charge in [-0.3, -0.25) is 9.97 Å². The van der Waals surface area contributed by atoms with Crippen LogP contribution in [0.15, 0.2) is 60.9 Å². The Bertz CT molecular complexity index is 863. The predicted octanol–water partition coefficient (Wildman–Crippen LogP) is 7.70. The largest absolute Gasteiger partial charge is 2.00 e. The van der Waals surface area contributed by atoms with E-state index in [1.54, 1.807) is 0 Å². The standard InChI is InChI=1S/C18H24N2.C6H4F.CF3.Pd/c1-17(2,3)13-7-9-19-15(11-13)16-12-14(8-10-20-16)18(4,5)6;7-6-4-2-1-3-5-6;2-1(3)4;/h7-12H,1-6H3;2-5H;;/q;2*-1;+2. The second-order valence-electron chi connectivity index (χ2n) is 8.79. The summed E-state index contributed by atoms with van der Waals surface area (Å²) in [5.74, 6) is -0.209. The molecule has 0 spiro atoms. The summed E-state index contributed by atoms with van der Waals surface area (Å²) in [5, 5.41) is 0. The molecule has 32 heavy (non-hydrogen) atoms. The molecule has 2 nitrogen and oxygen atoms in total. The Kier molecular flexibility index (Phi) is 12.6. The van der Waals surface area contributed by atoms with Crippen LogP contribution in [0.25, 0.3) is 11.4 Å². The van der Waals surface area contributed by atoms with E-state index in [1.165, 1.54) is 35.4 Å². The van der Waals surface area contributed by atoms with Crippen molar-refractivity contribution in [2.45, 2.75) is 52.4 Å². The molecule has 0 fully saturated rings. The van der Waals surface area contributed by atoms with Gasteiger partial charge in [0.25, 0.3) is 0 Å². The van der Waals surface area contributed by atoms with Gasteiger partial charge in [-0.2, -0.15) is 18.2 Å². The van der Waals surface area contributed by atoms with Gasteiger partial charge in [-0.25, -0.2) is 4.39 Å². The fourth-order valence-electron chi connectivity index (χ4n) is 2.44. The van der Waals surface area contributed by atoms with Crippen LogP contribution in [0.1, 0.15) is 52.7 Å². The first-order chi connectivity index (χ1) is 14.3. The van der Waals surface area contributed by atoms with Crippen molar-refractivity contribution >= 4 is 0 Å². The molecule has 7 heteroatoms. The van der Waals surface area contributed by atoms with E-state index in [4.69, 9.17) is 0 Å². The summed E-state index contributed by atoms with van der Waals surface area (Å²) in [5.41, 5.74) is 4.71. The van der Waals surface area contributed by atoms with Crippen LogP contribution in [0.3, 0.4) is 0 Å². The summed E-state index contributed by atoms with van der Waals surface area (Å²) in [6.45, 7) is 10.2. The molecule has 0 saturated carbocycles. The third-order valence-electron chi connectivity index (χ3n) is 4.19. The van der Waals surface area contributed by atoms with Crippen LogP contribution in [-0.4, -0.2) is 9.97 Å². The van der Waals surface area contributed by atoms with Crippen molar-refractivity contribution in [3.63, 3.8) is 0 Å². The average molecular weight is 539 g/mol. The summed E-state index contributed by atoms with van der Waals surface area (Å²) in [7, 11) is 0. The summed E-state index contributed by atoms with van der Waals surface area (Å²) in [4.78, 5) is 8.97. The van der Waals surface area contributed by atoms with Crippen molar-refractivity contribution in [2.75, 3.05) is 0 Å². The zero-order valence-electron chi connectivity index (χ0n) is 19.0. The van der Waals surface area contributed by atoms with Crippen LogP contribution < -0.4 is 0 Å². The number of rotatable bonds is 1. The van der Waals surface area contributed by atoms with Crippen molar-refractivity contribution in [3.8, 4) is 11.4 Å². The minimum Gasteiger partial charge on any atom is -0.385 e. The van der Waals surface area contributed by atoms with Gasteiger partial charge in [-0.1, -0.05) is 41.5 Å². The van der Waals surface area contributed by atoms with Gasteiger partial charge in [0.15, 0.2) is 6.68 Å². The molecular weight excluding hydrogens is 511 g/mol. The maximum absolute atomic E-state index is 11.9. The summed E-state index contributed by atoms with van der Waals surface area (Å²) < 4.78 is 40.6. The van der Waals surface area contributed by atoms with Gasteiger partial charge in [0, 0.05) is 18.2 Å². The molecule has 2 aromatic heterocycles.